The van der Waals surface area contributed by atoms with Gasteiger partial charge in [-0.25, -0.2) is 4.39 Å². The normalized spacial score (nSPS) is 12.1. The van der Waals surface area contributed by atoms with Gasteiger partial charge in [-0.1, -0.05) is 49.0 Å². The Labute approximate surface area is 155 Å². The van der Waals surface area contributed by atoms with Crippen molar-refractivity contribution >= 4 is 0 Å². The lowest BCUT2D eigenvalue weighted by atomic mass is 10.1. The molecule has 0 saturated heterocycles. The molecule has 3 rings (SSSR count). The number of halogens is 1. The minimum atomic E-state index is -0.151. The van der Waals surface area contributed by atoms with Crippen LogP contribution in [-0.4, -0.2) is 11.1 Å². The van der Waals surface area contributed by atoms with Crippen LogP contribution < -0.4 is 4.90 Å². The molecule has 0 bridgehead atoms. The van der Waals surface area contributed by atoms with E-state index in [4.69, 9.17) is 0 Å². The molecule has 0 amide bonds. The second kappa shape index (κ2) is 8.63. The Bertz CT molecular complexity index is 866. The average Bonchev–Trinajstić information content (AvgIpc) is 3.06. The molecule has 26 heavy (non-hydrogen) atoms. The summed E-state index contributed by atoms with van der Waals surface area (Å²) in [7, 11) is 0. The van der Waals surface area contributed by atoms with Crippen LogP contribution in [0.5, 0.6) is 0 Å². The van der Waals surface area contributed by atoms with Crippen molar-refractivity contribution in [1.82, 2.24) is 4.57 Å². The third kappa shape index (κ3) is 4.50. The van der Waals surface area contributed by atoms with Gasteiger partial charge in [0.1, 0.15) is 18.9 Å². The van der Waals surface area contributed by atoms with E-state index in [2.05, 4.69) is 48.4 Å². The number of nitrogens with one attached hydrogen (secondary N) is 1. The highest BCUT2D eigenvalue weighted by molar-refractivity contribution is 5.24. The Morgan fingerprint density at radius 1 is 0.962 bits per heavy atom. The van der Waals surface area contributed by atoms with E-state index < -0.39 is 0 Å². The van der Waals surface area contributed by atoms with E-state index in [1.807, 2.05) is 30.5 Å². The summed E-state index contributed by atoms with van der Waals surface area (Å²) in [4.78, 5) is 1.42. The number of hydrogen-bond donors (Lipinski definition) is 1. The number of quaternary nitrogens is 1. The van der Waals surface area contributed by atoms with Gasteiger partial charge < -0.3 is 9.47 Å². The smallest absolute Gasteiger partial charge is 0.128 e. The number of benzene rings is 2. The molecule has 0 fully saturated rings. The van der Waals surface area contributed by atoms with Crippen molar-refractivity contribution in [3.05, 3.63) is 108 Å². The summed E-state index contributed by atoms with van der Waals surface area (Å²) < 4.78 is 16.1. The summed E-state index contributed by atoms with van der Waals surface area (Å²) in [6.45, 7) is 9.34. The molecular weight excluding hydrogens is 323 g/mol. The van der Waals surface area contributed by atoms with E-state index in [1.54, 1.807) is 6.07 Å². The lowest BCUT2D eigenvalue weighted by Gasteiger charge is -2.20. The predicted octanol–water partition coefficient (Wildman–Crippen LogP) is 3.76. The zero-order chi connectivity index (χ0) is 18.4. The highest BCUT2D eigenvalue weighted by Crippen LogP contribution is 2.11. The number of rotatable bonds is 8. The molecule has 0 spiro atoms. The van der Waals surface area contributed by atoms with Crippen LogP contribution in [0.1, 0.15) is 22.4 Å². The number of hydrogen-bond acceptors (Lipinski definition) is 0. The second-order valence-corrected chi connectivity index (χ2v) is 6.74. The SMILES string of the molecule is C=CC[NH+](Cc1ccccc1C)Cc1cccn1Cc1ccccc1F. The zero-order valence-electron chi connectivity index (χ0n) is 15.3. The molecule has 0 radical (unpaired) electrons. The molecule has 1 N–H and O–H groups in total. The molecule has 0 aliphatic rings. The van der Waals surface area contributed by atoms with Gasteiger partial charge in [0.2, 0.25) is 0 Å². The van der Waals surface area contributed by atoms with Crippen molar-refractivity contribution in [2.45, 2.75) is 26.6 Å². The van der Waals surface area contributed by atoms with Gasteiger partial charge in [0.15, 0.2) is 0 Å². The Morgan fingerprint density at radius 2 is 1.69 bits per heavy atom. The molecule has 134 valence electrons. The maximum atomic E-state index is 14.0. The first kappa shape index (κ1) is 18.2. The molecule has 0 aliphatic carbocycles. The van der Waals surface area contributed by atoms with Crippen LogP contribution in [-0.2, 0) is 19.6 Å². The van der Waals surface area contributed by atoms with Crippen LogP contribution in [0.25, 0.3) is 0 Å². The second-order valence-electron chi connectivity index (χ2n) is 6.74. The minimum absolute atomic E-state index is 0.151. The van der Waals surface area contributed by atoms with Crippen LogP contribution in [0.4, 0.5) is 4.39 Å². The van der Waals surface area contributed by atoms with Crippen molar-refractivity contribution in [3.8, 4) is 0 Å². The topological polar surface area (TPSA) is 9.37 Å². The highest BCUT2D eigenvalue weighted by atomic mass is 19.1. The van der Waals surface area contributed by atoms with Crippen LogP contribution in [0.2, 0.25) is 0 Å². The fraction of sp³-hybridized carbons (Fsp3) is 0.217. The summed E-state index contributed by atoms with van der Waals surface area (Å²) in [5.74, 6) is -0.151. The quantitative estimate of drug-likeness (QED) is 0.593. The highest BCUT2D eigenvalue weighted by Gasteiger charge is 2.14. The van der Waals surface area contributed by atoms with Gasteiger partial charge in [-0.05, 0) is 36.8 Å². The Morgan fingerprint density at radius 3 is 2.42 bits per heavy atom. The standard InChI is InChI=1S/C23H25FN2/c1-3-14-25(16-20-10-5-4-9-19(20)2)18-22-12-8-15-26(22)17-21-11-6-7-13-23(21)24/h3-13,15H,1,14,16-18H2,2H3/p+1. The van der Waals surface area contributed by atoms with Crippen molar-refractivity contribution < 1.29 is 9.29 Å². The van der Waals surface area contributed by atoms with E-state index in [0.29, 0.717) is 12.1 Å². The molecule has 3 aromatic rings. The van der Waals surface area contributed by atoms with Gasteiger partial charge >= 0.3 is 0 Å². The molecule has 1 atom stereocenters. The van der Waals surface area contributed by atoms with Crippen LogP contribution in [0.15, 0.2) is 79.5 Å². The molecule has 0 saturated carbocycles. The lowest BCUT2D eigenvalue weighted by Crippen LogP contribution is -3.09. The largest absolute Gasteiger partial charge is 0.342 e. The van der Waals surface area contributed by atoms with Crippen molar-refractivity contribution in [2.24, 2.45) is 0 Å². The van der Waals surface area contributed by atoms with Gasteiger partial charge in [0.25, 0.3) is 0 Å². The summed E-state index contributed by atoms with van der Waals surface area (Å²) in [5, 5.41) is 0. The monoisotopic (exact) mass is 349 g/mol. The average molecular weight is 349 g/mol. The van der Waals surface area contributed by atoms with Crippen molar-refractivity contribution in [3.63, 3.8) is 0 Å². The predicted molar refractivity (Wildman–Crippen MR) is 105 cm³/mol. The maximum Gasteiger partial charge on any atom is 0.128 e. The van der Waals surface area contributed by atoms with E-state index in [0.717, 1.165) is 19.6 Å². The molecule has 1 heterocycles. The van der Waals surface area contributed by atoms with Gasteiger partial charge in [-0.15, -0.1) is 0 Å². The zero-order valence-corrected chi connectivity index (χ0v) is 15.3. The van der Waals surface area contributed by atoms with Crippen LogP contribution in [0, 0.1) is 12.7 Å². The molecule has 0 aliphatic heterocycles. The van der Waals surface area contributed by atoms with Gasteiger partial charge in [0, 0.05) is 17.3 Å². The van der Waals surface area contributed by atoms with E-state index in [-0.39, 0.29) is 5.82 Å². The summed E-state index contributed by atoms with van der Waals surface area (Å²) in [6, 6.07) is 19.7. The fourth-order valence-corrected chi connectivity index (χ4v) is 3.32. The third-order valence-electron chi connectivity index (χ3n) is 4.79. The number of aryl methyl sites for hydroxylation is 1. The number of aromatic nitrogens is 1. The van der Waals surface area contributed by atoms with Crippen LogP contribution in [0.3, 0.4) is 0 Å². The first-order valence-electron chi connectivity index (χ1n) is 9.03. The van der Waals surface area contributed by atoms with Crippen LogP contribution >= 0.6 is 0 Å². The fourth-order valence-electron chi connectivity index (χ4n) is 3.32. The first-order chi connectivity index (χ1) is 12.7. The minimum Gasteiger partial charge on any atom is -0.342 e. The summed E-state index contributed by atoms with van der Waals surface area (Å²) >= 11 is 0. The van der Waals surface area contributed by atoms with E-state index in [9.17, 15) is 4.39 Å². The number of nitrogens with zero attached hydrogens (tertiary/aromatic N) is 1. The lowest BCUT2D eigenvalue weighted by molar-refractivity contribution is -0.922. The molecular formula is C23H26FN2+. The first-order valence-corrected chi connectivity index (χ1v) is 9.03. The van der Waals surface area contributed by atoms with Gasteiger partial charge in [-0.3, -0.25) is 0 Å². The molecule has 1 unspecified atom stereocenters. The molecule has 2 nitrogen and oxygen atoms in total. The van der Waals surface area contributed by atoms with Gasteiger partial charge in [-0.2, -0.15) is 0 Å². The third-order valence-corrected chi connectivity index (χ3v) is 4.79. The molecule has 1 aromatic heterocycles. The van der Waals surface area contributed by atoms with Gasteiger partial charge in [0.05, 0.1) is 18.8 Å². The van der Waals surface area contributed by atoms with Crippen molar-refractivity contribution in [2.75, 3.05) is 6.54 Å². The Balaban J connectivity index is 1.76. The molecule has 3 heteroatoms. The van der Waals surface area contributed by atoms with E-state index in [1.165, 1.54) is 27.8 Å². The van der Waals surface area contributed by atoms with Crippen molar-refractivity contribution in [1.29, 1.82) is 0 Å². The van der Waals surface area contributed by atoms with E-state index >= 15 is 0 Å². The molecule has 2 aromatic carbocycles. The summed E-state index contributed by atoms with van der Waals surface area (Å²) in [6.07, 6.45) is 4.00. The Kier molecular flexibility index (Phi) is 6.03. The Hall–Kier alpha value is -2.65. The maximum absolute atomic E-state index is 14.0. The summed E-state index contributed by atoms with van der Waals surface area (Å²) in [5.41, 5.74) is 4.60.